The predicted octanol–water partition coefficient (Wildman–Crippen LogP) is 6.90. The van der Waals surface area contributed by atoms with Crippen LogP contribution in [0.15, 0.2) is 59.9 Å². The Kier molecular flexibility index (Phi) is 8.26. The average Bonchev–Trinajstić information content (AvgIpc) is 2.71. The van der Waals surface area contributed by atoms with Gasteiger partial charge in [0.2, 0.25) is 8.32 Å². The summed E-state index contributed by atoms with van der Waals surface area (Å²) in [5.41, 5.74) is 2.45. The lowest BCUT2D eigenvalue weighted by Gasteiger charge is -2.47. The minimum Gasteiger partial charge on any atom is -0.543 e. The second-order valence-corrected chi connectivity index (χ2v) is 16.6. The molecule has 6 heteroatoms. The van der Waals surface area contributed by atoms with Gasteiger partial charge in [0.25, 0.3) is 0 Å². The molecule has 0 amide bonds. The monoisotopic (exact) mass is 529 g/mol. The molecule has 1 aromatic carbocycles. The zero-order valence-corrected chi connectivity index (χ0v) is 23.9. The lowest BCUT2D eigenvalue weighted by molar-refractivity contribution is 0.0305. The molecule has 0 spiro atoms. The van der Waals surface area contributed by atoms with E-state index >= 15 is 0 Å². The third kappa shape index (κ3) is 6.16. The minimum atomic E-state index is -1.92. The fourth-order valence-electron chi connectivity index (χ4n) is 4.35. The Morgan fingerprint density at radius 3 is 2.52 bits per heavy atom. The smallest absolute Gasteiger partial charge is 0.250 e. The number of hydrogen-bond acceptors (Lipinski definition) is 4. The second kappa shape index (κ2) is 10.4. The van der Waals surface area contributed by atoms with Gasteiger partial charge in [-0.1, -0.05) is 39.0 Å². The molecule has 2 aromatic rings. The van der Waals surface area contributed by atoms with E-state index in [1.807, 2.05) is 18.5 Å². The van der Waals surface area contributed by atoms with Gasteiger partial charge >= 0.3 is 0 Å². The van der Waals surface area contributed by atoms with Crippen LogP contribution >= 0.6 is 15.9 Å². The van der Waals surface area contributed by atoms with Crippen LogP contribution in [0.3, 0.4) is 0 Å². The summed E-state index contributed by atoms with van der Waals surface area (Å²) >= 11 is 3.64. The van der Waals surface area contributed by atoms with Crippen molar-refractivity contribution in [3.05, 3.63) is 71.0 Å². The quantitative estimate of drug-likeness (QED) is 0.288. The van der Waals surface area contributed by atoms with Gasteiger partial charge in [-0.25, -0.2) is 0 Å². The number of nitrogens with zero attached hydrogens (tertiary/aromatic N) is 3. The molecule has 0 N–H and O–H groups in total. The summed E-state index contributed by atoms with van der Waals surface area (Å²) in [6.07, 6.45) is 5.87. The molecule has 0 radical (unpaired) electrons. The van der Waals surface area contributed by atoms with E-state index in [0.29, 0.717) is 12.1 Å². The van der Waals surface area contributed by atoms with Crippen molar-refractivity contribution in [2.24, 2.45) is 0 Å². The molecule has 1 aliphatic rings. The van der Waals surface area contributed by atoms with Gasteiger partial charge < -0.3 is 4.43 Å². The number of benzene rings is 1. The molecule has 0 bridgehead atoms. The van der Waals surface area contributed by atoms with Crippen molar-refractivity contribution in [1.29, 1.82) is 0 Å². The van der Waals surface area contributed by atoms with Gasteiger partial charge in [-0.3, -0.25) is 14.8 Å². The highest BCUT2D eigenvalue weighted by Gasteiger charge is 2.39. The summed E-state index contributed by atoms with van der Waals surface area (Å²) in [5, 5.41) is 0.155. The highest BCUT2D eigenvalue weighted by Crippen LogP contribution is 2.39. The van der Waals surface area contributed by atoms with Crippen molar-refractivity contribution in [2.75, 3.05) is 19.6 Å². The molecule has 1 fully saturated rings. The molecule has 1 aliphatic heterocycles. The standard InChI is InChI=1S/C27H40BrN3OSi/c1-9-13-30-18-21(3)31(19-20(30)2)26(23-14-24(28)17-29-16-23)22-11-10-12-25(15-22)32-33(7,8)27(4,5)6/h9-12,14-17,20-21,26H,1,13,18-19H2,2-8H3/t20-,21+,26+/m1/s1. The van der Waals surface area contributed by atoms with Gasteiger partial charge in [0, 0.05) is 48.6 Å². The average molecular weight is 531 g/mol. The molecule has 33 heavy (non-hydrogen) atoms. The summed E-state index contributed by atoms with van der Waals surface area (Å²) in [4.78, 5) is 9.65. The van der Waals surface area contributed by atoms with Crippen molar-refractivity contribution in [3.63, 3.8) is 0 Å². The van der Waals surface area contributed by atoms with Crippen LogP contribution in [0.4, 0.5) is 0 Å². The van der Waals surface area contributed by atoms with E-state index in [-0.39, 0.29) is 11.1 Å². The summed E-state index contributed by atoms with van der Waals surface area (Å²) in [7, 11) is -1.92. The van der Waals surface area contributed by atoms with Crippen molar-refractivity contribution in [2.45, 2.75) is 70.9 Å². The third-order valence-corrected chi connectivity index (χ3v) is 12.0. The molecule has 0 unspecified atom stereocenters. The van der Waals surface area contributed by atoms with Crippen LogP contribution in [0.2, 0.25) is 18.1 Å². The Labute approximate surface area is 210 Å². The molecule has 0 aliphatic carbocycles. The SMILES string of the molecule is C=CCN1C[C@H](C)N([C@H](c2cncc(Br)c2)c2cccc(O[Si](C)(C)C(C)(C)C)c2)C[C@H]1C. The van der Waals surface area contributed by atoms with E-state index in [1.165, 1.54) is 11.1 Å². The molecule has 3 rings (SSSR count). The van der Waals surface area contributed by atoms with E-state index in [4.69, 9.17) is 4.43 Å². The van der Waals surface area contributed by atoms with Crippen molar-refractivity contribution >= 4 is 24.2 Å². The van der Waals surface area contributed by atoms with Crippen LogP contribution in [0.5, 0.6) is 5.75 Å². The zero-order valence-electron chi connectivity index (χ0n) is 21.3. The number of rotatable bonds is 7. The van der Waals surface area contributed by atoms with E-state index in [2.05, 4.69) is 115 Å². The van der Waals surface area contributed by atoms with Gasteiger partial charge in [-0.05, 0) is 77.2 Å². The van der Waals surface area contributed by atoms with Crippen LogP contribution in [-0.2, 0) is 0 Å². The molecule has 1 aromatic heterocycles. The molecular formula is C27H40BrN3OSi. The summed E-state index contributed by atoms with van der Waals surface area (Å²) in [6, 6.07) is 11.9. The molecule has 3 atom stereocenters. The van der Waals surface area contributed by atoms with Crippen LogP contribution < -0.4 is 4.43 Å². The number of hydrogen-bond donors (Lipinski definition) is 0. The molecule has 1 saturated heterocycles. The fraction of sp³-hybridized carbons (Fsp3) is 0.519. The fourth-order valence-corrected chi connectivity index (χ4v) is 5.76. The van der Waals surface area contributed by atoms with Crippen LogP contribution in [0, 0.1) is 0 Å². The molecule has 4 nitrogen and oxygen atoms in total. The van der Waals surface area contributed by atoms with Crippen LogP contribution in [0.1, 0.15) is 51.8 Å². The zero-order chi connectivity index (χ0) is 24.4. The maximum atomic E-state index is 6.68. The number of aromatic nitrogens is 1. The topological polar surface area (TPSA) is 28.6 Å². The first kappa shape index (κ1) is 26.1. The van der Waals surface area contributed by atoms with Crippen molar-refractivity contribution < 1.29 is 4.43 Å². The first-order valence-corrected chi connectivity index (χ1v) is 15.6. The maximum Gasteiger partial charge on any atom is 0.250 e. The van der Waals surface area contributed by atoms with E-state index < -0.39 is 8.32 Å². The highest BCUT2D eigenvalue weighted by atomic mass is 79.9. The second-order valence-electron chi connectivity index (χ2n) is 10.9. The lowest BCUT2D eigenvalue weighted by Crippen LogP contribution is -2.57. The largest absolute Gasteiger partial charge is 0.543 e. The minimum absolute atomic E-state index is 0.112. The van der Waals surface area contributed by atoms with Gasteiger partial charge in [-0.2, -0.15) is 0 Å². The first-order valence-electron chi connectivity index (χ1n) is 11.9. The first-order chi connectivity index (χ1) is 15.4. The number of pyridine rings is 1. The highest BCUT2D eigenvalue weighted by molar-refractivity contribution is 9.10. The summed E-state index contributed by atoms with van der Waals surface area (Å²) in [5.74, 6) is 0.970. The van der Waals surface area contributed by atoms with Gasteiger partial charge in [0.15, 0.2) is 0 Å². The maximum absolute atomic E-state index is 6.68. The Balaban J connectivity index is 2.01. The summed E-state index contributed by atoms with van der Waals surface area (Å²) in [6.45, 7) is 23.0. The summed E-state index contributed by atoms with van der Waals surface area (Å²) < 4.78 is 7.68. The van der Waals surface area contributed by atoms with Crippen molar-refractivity contribution in [3.8, 4) is 5.75 Å². The van der Waals surface area contributed by atoms with Gasteiger partial charge in [0.1, 0.15) is 5.75 Å². The van der Waals surface area contributed by atoms with Gasteiger partial charge in [0.05, 0.1) is 6.04 Å². The molecule has 0 saturated carbocycles. The van der Waals surface area contributed by atoms with Crippen molar-refractivity contribution in [1.82, 2.24) is 14.8 Å². The van der Waals surface area contributed by atoms with E-state index in [1.54, 1.807) is 0 Å². The van der Waals surface area contributed by atoms with E-state index in [9.17, 15) is 0 Å². The molecule has 180 valence electrons. The number of piperazine rings is 1. The third-order valence-electron chi connectivity index (χ3n) is 7.25. The number of halogens is 1. The normalized spacial score (nSPS) is 21.6. The van der Waals surface area contributed by atoms with Crippen LogP contribution in [-0.4, -0.2) is 54.8 Å². The Hall–Kier alpha value is -1.47. The molecule has 2 heterocycles. The Bertz CT molecular complexity index is 958. The molecular weight excluding hydrogens is 490 g/mol. The Morgan fingerprint density at radius 1 is 1.15 bits per heavy atom. The van der Waals surface area contributed by atoms with Crippen LogP contribution in [0.25, 0.3) is 0 Å². The Morgan fingerprint density at radius 2 is 1.88 bits per heavy atom. The lowest BCUT2D eigenvalue weighted by atomic mass is 9.94. The predicted molar refractivity (Wildman–Crippen MR) is 145 cm³/mol. The van der Waals surface area contributed by atoms with Gasteiger partial charge in [-0.15, -0.1) is 6.58 Å². The van der Waals surface area contributed by atoms with E-state index in [0.717, 1.165) is 29.9 Å².